The van der Waals surface area contributed by atoms with Gasteiger partial charge in [-0.3, -0.25) is 10.1 Å². The van der Waals surface area contributed by atoms with Crippen LogP contribution in [0.5, 0.6) is 0 Å². The Hall–Kier alpha value is -4.49. The molecule has 7 heteroatoms. The Morgan fingerprint density at radius 3 is 2.67 bits per heavy atom. The van der Waals surface area contributed by atoms with E-state index in [1.54, 1.807) is 10.8 Å². The predicted molar refractivity (Wildman–Crippen MR) is 146 cm³/mol. The fourth-order valence-electron chi connectivity index (χ4n) is 4.25. The topological polar surface area (TPSA) is 73.0 Å². The zero-order chi connectivity index (χ0) is 24.6. The van der Waals surface area contributed by atoms with Gasteiger partial charge in [0, 0.05) is 23.2 Å². The number of para-hydroxylation sites is 2. The molecule has 176 valence electrons. The molecule has 6 nitrogen and oxygen atoms in total. The summed E-state index contributed by atoms with van der Waals surface area (Å²) in [6.07, 6.45) is 5.15. The molecule has 36 heavy (non-hydrogen) atoms. The summed E-state index contributed by atoms with van der Waals surface area (Å²) >= 11 is 1.47. The van der Waals surface area contributed by atoms with Gasteiger partial charge in [0.05, 0.1) is 15.9 Å². The summed E-state index contributed by atoms with van der Waals surface area (Å²) in [5.74, 6) is 0.384. The number of benzene rings is 3. The number of carbonyl (C=O) groups excluding carboxylic acids is 1. The minimum Gasteiger partial charge on any atom is -0.454 e. The molecular formula is C29H22N4O2S. The molecule has 0 aliphatic carbocycles. The van der Waals surface area contributed by atoms with E-state index < -0.39 is 0 Å². The van der Waals surface area contributed by atoms with E-state index in [0.717, 1.165) is 38.0 Å². The van der Waals surface area contributed by atoms with Crippen LogP contribution < -0.4 is 5.32 Å². The summed E-state index contributed by atoms with van der Waals surface area (Å²) in [6.45, 7) is 4.09. The van der Waals surface area contributed by atoms with Crippen LogP contribution in [-0.4, -0.2) is 20.7 Å². The number of nitrogens with one attached hydrogen (secondary N) is 1. The lowest BCUT2D eigenvalue weighted by molar-refractivity contribution is -0.111. The molecule has 3 heterocycles. The minimum absolute atomic E-state index is 0.258. The van der Waals surface area contributed by atoms with Crippen molar-refractivity contribution in [3.05, 3.63) is 102 Å². The number of amides is 1. The molecule has 6 aromatic rings. The van der Waals surface area contributed by atoms with Crippen LogP contribution in [0.2, 0.25) is 0 Å². The van der Waals surface area contributed by atoms with E-state index >= 15 is 0 Å². The highest BCUT2D eigenvalue weighted by atomic mass is 32.1. The average molecular weight is 491 g/mol. The van der Waals surface area contributed by atoms with Crippen molar-refractivity contribution in [2.75, 3.05) is 5.32 Å². The number of aromatic nitrogens is 3. The van der Waals surface area contributed by atoms with Crippen LogP contribution in [0.3, 0.4) is 0 Å². The molecule has 3 aromatic carbocycles. The first-order valence-electron chi connectivity index (χ1n) is 11.5. The first kappa shape index (κ1) is 22.0. The van der Waals surface area contributed by atoms with Gasteiger partial charge in [-0.15, -0.1) is 0 Å². The second-order valence-corrected chi connectivity index (χ2v) is 9.66. The summed E-state index contributed by atoms with van der Waals surface area (Å²) < 4.78 is 8.93. The molecule has 0 radical (unpaired) electrons. The Morgan fingerprint density at radius 2 is 1.83 bits per heavy atom. The molecule has 0 saturated heterocycles. The lowest BCUT2D eigenvalue weighted by atomic mass is 10.1. The third-order valence-corrected chi connectivity index (χ3v) is 6.81. The van der Waals surface area contributed by atoms with Crippen molar-refractivity contribution in [1.29, 1.82) is 0 Å². The molecule has 1 amide bonds. The maximum absolute atomic E-state index is 12.8. The zero-order valence-electron chi connectivity index (χ0n) is 19.7. The zero-order valence-corrected chi connectivity index (χ0v) is 20.5. The number of hydrogen-bond donors (Lipinski definition) is 1. The van der Waals surface area contributed by atoms with E-state index in [2.05, 4.69) is 29.4 Å². The Kier molecular flexibility index (Phi) is 5.47. The van der Waals surface area contributed by atoms with Crippen LogP contribution in [0.15, 0.2) is 89.5 Å². The summed E-state index contributed by atoms with van der Waals surface area (Å²) in [5.41, 5.74) is 6.32. The molecule has 0 aliphatic heterocycles. The number of anilines is 1. The van der Waals surface area contributed by atoms with Gasteiger partial charge in [-0.2, -0.15) is 5.10 Å². The van der Waals surface area contributed by atoms with E-state index in [1.165, 1.54) is 23.0 Å². The quantitative estimate of drug-likeness (QED) is 0.260. The summed E-state index contributed by atoms with van der Waals surface area (Å²) in [5, 5.41) is 9.25. The number of nitrogens with zero attached hydrogens (tertiary/aromatic N) is 3. The number of carbonyl (C=O) groups is 1. The Bertz CT molecular complexity index is 1730. The van der Waals surface area contributed by atoms with Crippen LogP contribution in [0.4, 0.5) is 5.13 Å². The van der Waals surface area contributed by atoms with E-state index in [9.17, 15) is 4.79 Å². The highest BCUT2D eigenvalue weighted by Gasteiger charge is 2.16. The fraction of sp³-hybridized carbons (Fsp3) is 0.0690. The lowest BCUT2D eigenvalue weighted by Crippen LogP contribution is -2.07. The van der Waals surface area contributed by atoms with Crippen LogP contribution >= 0.6 is 11.3 Å². The number of furan rings is 1. The van der Waals surface area contributed by atoms with E-state index in [1.807, 2.05) is 73.8 Å². The van der Waals surface area contributed by atoms with Gasteiger partial charge in [-0.1, -0.05) is 53.8 Å². The molecule has 0 aliphatic rings. The molecule has 0 atom stereocenters. The first-order chi connectivity index (χ1) is 17.5. The second kappa shape index (κ2) is 8.94. The van der Waals surface area contributed by atoms with Gasteiger partial charge >= 0.3 is 0 Å². The van der Waals surface area contributed by atoms with Crippen molar-refractivity contribution in [2.24, 2.45) is 0 Å². The maximum Gasteiger partial charge on any atom is 0.250 e. The SMILES string of the molecule is Cc1cc(C)c2nc(NC(=O)C=Cc3cn(-c4ccccc4)nc3-c3cc4ccccc4o3)sc2c1. The van der Waals surface area contributed by atoms with E-state index in [4.69, 9.17) is 9.52 Å². The second-order valence-electron chi connectivity index (χ2n) is 8.63. The molecular weight excluding hydrogens is 468 g/mol. The van der Waals surface area contributed by atoms with Crippen molar-refractivity contribution in [3.8, 4) is 17.1 Å². The van der Waals surface area contributed by atoms with Crippen LogP contribution in [0, 0.1) is 13.8 Å². The van der Waals surface area contributed by atoms with Gasteiger partial charge in [0.1, 0.15) is 11.3 Å². The van der Waals surface area contributed by atoms with E-state index in [-0.39, 0.29) is 5.91 Å². The molecule has 3 aromatic heterocycles. The molecule has 0 bridgehead atoms. The van der Waals surface area contributed by atoms with Crippen molar-refractivity contribution in [2.45, 2.75) is 13.8 Å². The predicted octanol–water partition coefficient (Wildman–Crippen LogP) is 7.16. The smallest absolute Gasteiger partial charge is 0.250 e. The first-order valence-corrected chi connectivity index (χ1v) is 12.4. The lowest BCUT2D eigenvalue weighted by Gasteiger charge is -1.98. The molecule has 0 saturated carbocycles. The van der Waals surface area contributed by atoms with Gasteiger partial charge < -0.3 is 4.42 Å². The van der Waals surface area contributed by atoms with Gasteiger partial charge in [0.15, 0.2) is 10.9 Å². The average Bonchev–Trinajstić information content (AvgIpc) is 3.59. The van der Waals surface area contributed by atoms with Gasteiger partial charge in [0.2, 0.25) is 5.91 Å². The van der Waals surface area contributed by atoms with Crippen LogP contribution in [0.1, 0.15) is 16.7 Å². The molecule has 0 fully saturated rings. The summed E-state index contributed by atoms with van der Waals surface area (Å²) in [4.78, 5) is 17.4. The van der Waals surface area contributed by atoms with E-state index in [0.29, 0.717) is 16.6 Å². The normalized spacial score (nSPS) is 11.6. The highest BCUT2D eigenvalue weighted by molar-refractivity contribution is 7.22. The number of aryl methyl sites for hydroxylation is 2. The third-order valence-electron chi connectivity index (χ3n) is 5.90. The Balaban J connectivity index is 1.33. The van der Waals surface area contributed by atoms with Crippen LogP contribution in [0.25, 0.3) is 44.4 Å². The minimum atomic E-state index is -0.258. The van der Waals surface area contributed by atoms with Gasteiger partial charge in [-0.05, 0) is 61.4 Å². The molecule has 6 rings (SSSR count). The largest absolute Gasteiger partial charge is 0.454 e. The number of rotatable bonds is 5. The molecule has 1 N–H and O–H groups in total. The van der Waals surface area contributed by atoms with Crippen molar-refractivity contribution in [1.82, 2.24) is 14.8 Å². The monoisotopic (exact) mass is 490 g/mol. The van der Waals surface area contributed by atoms with Crippen LogP contribution in [-0.2, 0) is 4.79 Å². The Morgan fingerprint density at radius 1 is 1.03 bits per heavy atom. The number of hydrogen-bond acceptors (Lipinski definition) is 5. The summed E-state index contributed by atoms with van der Waals surface area (Å²) in [6, 6.07) is 23.8. The van der Waals surface area contributed by atoms with Gasteiger partial charge in [-0.25, -0.2) is 9.67 Å². The molecule has 0 unspecified atom stereocenters. The highest BCUT2D eigenvalue weighted by Crippen LogP contribution is 2.31. The molecule has 0 spiro atoms. The van der Waals surface area contributed by atoms with Crippen molar-refractivity contribution >= 4 is 49.6 Å². The Labute approximate surface area is 211 Å². The fourth-order valence-corrected chi connectivity index (χ4v) is 5.29. The van der Waals surface area contributed by atoms with Crippen molar-refractivity contribution in [3.63, 3.8) is 0 Å². The number of fused-ring (bicyclic) bond motifs is 2. The standard InChI is InChI=1S/C29H22N4O2S/c1-18-14-19(2)27-25(15-18)36-29(31-27)30-26(34)13-12-21-17-33(22-9-4-3-5-10-22)32-28(21)24-16-20-8-6-7-11-23(20)35-24/h3-17H,1-2H3,(H,30,31,34). The third kappa shape index (κ3) is 4.21. The maximum atomic E-state index is 12.8. The number of thiazole rings is 1. The van der Waals surface area contributed by atoms with Gasteiger partial charge in [0.25, 0.3) is 0 Å². The van der Waals surface area contributed by atoms with Crippen molar-refractivity contribution < 1.29 is 9.21 Å². The summed E-state index contributed by atoms with van der Waals surface area (Å²) in [7, 11) is 0.